The summed E-state index contributed by atoms with van der Waals surface area (Å²) in [5, 5.41) is 24.5. The van der Waals surface area contributed by atoms with Crippen LogP contribution >= 0.6 is 24.8 Å². The van der Waals surface area contributed by atoms with Crippen molar-refractivity contribution in [3.05, 3.63) is 29.8 Å². The summed E-state index contributed by atoms with van der Waals surface area (Å²) in [6.07, 6.45) is -0.861. The fourth-order valence-corrected chi connectivity index (χ4v) is 0.911. The van der Waals surface area contributed by atoms with Crippen LogP contribution in [0.5, 0.6) is 0 Å². The van der Waals surface area contributed by atoms with Gasteiger partial charge in [-0.2, -0.15) is 0 Å². The largest absolute Gasteiger partial charge is 0.500 e. The zero-order valence-corrected chi connectivity index (χ0v) is 10.2. The smallest absolute Gasteiger partial charge is 0.336 e. The summed E-state index contributed by atoms with van der Waals surface area (Å²) in [5.41, 5.74) is 0.242. The molecule has 0 aliphatic rings. The maximum Gasteiger partial charge on any atom is 0.336 e. The van der Waals surface area contributed by atoms with E-state index in [1.165, 1.54) is 13.0 Å². The predicted octanol–water partition coefficient (Wildman–Crippen LogP) is 1.93. The number of benzene rings is 1. The molecule has 1 rings (SSSR count). The Morgan fingerprint density at radius 3 is 2.06 bits per heavy atom. The minimum Gasteiger partial charge on any atom is -0.500 e. The molecule has 6 heteroatoms. The van der Waals surface area contributed by atoms with Crippen molar-refractivity contribution in [2.75, 3.05) is 0 Å². The van der Waals surface area contributed by atoms with Gasteiger partial charge in [0.25, 0.3) is 0 Å². The highest BCUT2D eigenvalue weighted by Gasteiger charge is 2.03. The van der Waals surface area contributed by atoms with Gasteiger partial charge in [-0.3, -0.25) is 0 Å². The highest BCUT2D eigenvalue weighted by atomic mass is 32.1. The van der Waals surface area contributed by atoms with E-state index in [0.717, 1.165) is 0 Å². The Kier molecular flexibility index (Phi) is 6.71. The van der Waals surface area contributed by atoms with Gasteiger partial charge < -0.3 is 15.3 Å². The van der Waals surface area contributed by atoms with Crippen LogP contribution in [0, 0.1) is 0 Å². The number of aromatic carboxylic acids is 1. The molecule has 3 N–H and O–H groups in total. The molecule has 0 heterocycles. The van der Waals surface area contributed by atoms with Crippen LogP contribution in [0.3, 0.4) is 0 Å². The summed E-state index contributed by atoms with van der Waals surface area (Å²) < 4.78 is 0. The molecule has 0 bridgehead atoms. The molecule has 0 aromatic heterocycles. The molecule has 0 amide bonds. The third-order valence-electron chi connectivity index (χ3n) is 1.49. The van der Waals surface area contributed by atoms with Crippen molar-refractivity contribution in [2.24, 2.45) is 0 Å². The van der Waals surface area contributed by atoms with Gasteiger partial charge in [-0.15, -0.1) is 12.6 Å². The van der Waals surface area contributed by atoms with Crippen LogP contribution in [0.15, 0.2) is 29.2 Å². The summed E-state index contributed by atoms with van der Waals surface area (Å²) in [5.74, 6) is -0.939. The first-order valence-electron chi connectivity index (χ1n) is 4.28. The number of hydrogen-bond acceptors (Lipinski definition) is 4. The van der Waals surface area contributed by atoms with E-state index in [2.05, 4.69) is 24.8 Å². The van der Waals surface area contributed by atoms with E-state index >= 15 is 0 Å². The number of carbonyl (C=O) groups is 1. The van der Waals surface area contributed by atoms with E-state index in [1.54, 1.807) is 18.2 Å². The Labute approximate surface area is 104 Å². The van der Waals surface area contributed by atoms with Gasteiger partial charge in [-0.25, -0.2) is 4.79 Å². The van der Waals surface area contributed by atoms with E-state index in [1.807, 2.05) is 0 Å². The average Bonchev–Trinajstić information content (AvgIpc) is 2.18. The second-order valence-corrected chi connectivity index (χ2v) is 3.74. The van der Waals surface area contributed by atoms with E-state index in [4.69, 9.17) is 15.3 Å². The molecule has 1 aromatic rings. The number of thiocarbonyl (C=S) groups is 1. The van der Waals surface area contributed by atoms with Gasteiger partial charge >= 0.3 is 5.97 Å². The Morgan fingerprint density at radius 1 is 1.38 bits per heavy atom. The lowest BCUT2D eigenvalue weighted by Gasteiger charge is -1.95. The Bertz CT molecular complexity index is 377. The number of thiol groups is 1. The summed E-state index contributed by atoms with van der Waals surface area (Å²) in [6.45, 7) is 1.41. The molecule has 16 heavy (non-hydrogen) atoms. The molecule has 88 valence electrons. The lowest BCUT2D eigenvalue weighted by Crippen LogP contribution is -2.11. The molecule has 0 saturated carbocycles. The summed E-state index contributed by atoms with van der Waals surface area (Å²) in [6, 6.07) is 6.58. The molecular formula is C10H12O4S2. The second-order valence-electron chi connectivity index (χ2n) is 2.84. The molecule has 1 aromatic carbocycles. The molecule has 0 spiro atoms. The average molecular weight is 260 g/mol. The highest BCUT2D eigenvalue weighted by molar-refractivity contribution is 7.80. The molecular weight excluding hydrogens is 248 g/mol. The van der Waals surface area contributed by atoms with Gasteiger partial charge in [0.2, 0.25) is 0 Å². The van der Waals surface area contributed by atoms with Crippen LogP contribution in [0.1, 0.15) is 17.3 Å². The molecule has 1 atom stereocenters. The van der Waals surface area contributed by atoms with E-state index < -0.39 is 12.1 Å². The van der Waals surface area contributed by atoms with Gasteiger partial charge in [-0.05, 0) is 31.3 Å². The van der Waals surface area contributed by atoms with Crippen molar-refractivity contribution in [3.8, 4) is 0 Å². The zero-order chi connectivity index (χ0) is 12.7. The van der Waals surface area contributed by atoms with Gasteiger partial charge in [0.15, 0.2) is 5.05 Å². The Hall–Kier alpha value is -1.11. The summed E-state index contributed by atoms with van der Waals surface area (Å²) in [7, 11) is 0. The molecule has 0 radical (unpaired) electrons. The minimum absolute atomic E-state index is 0.242. The molecule has 1 unspecified atom stereocenters. The first-order valence-corrected chi connectivity index (χ1v) is 5.14. The SMILES string of the molecule is CC(O)C(O)=S.O=C(O)c1ccccc1S. The maximum atomic E-state index is 10.4. The van der Waals surface area contributed by atoms with Gasteiger partial charge in [0, 0.05) is 4.90 Å². The van der Waals surface area contributed by atoms with Crippen molar-refractivity contribution in [1.82, 2.24) is 0 Å². The maximum absolute atomic E-state index is 10.4. The monoisotopic (exact) mass is 260 g/mol. The van der Waals surface area contributed by atoms with E-state index in [0.29, 0.717) is 4.90 Å². The quantitative estimate of drug-likeness (QED) is 0.483. The lowest BCUT2D eigenvalue weighted by atomic mass is 10.2. The van der Waals surface area contributed by atoms with Crippen molar-refractivity contribution >= 4 is 35.9 Å². The molecule has 4 nitrogen and oxygen atoms in total. The van der Waals surface area contributed by atoms with Crippen molar-refractivity contribution in [2.45, 2.75) is 17.9 Å². The molecule has 0 aliphatic heterocycles. The van der Waals surface area contributed by atoms with Crippen LogP contribution < -0.4 is 0 Å². The van der Waals surface area contributed by atoms with Crippen molar-refractivity contribution in [1.29, 1.82) is 0 Å². The van der Waals surface area contributed by atoms with Gasteiger partial charge in [-0.1, -0.05) is 12.1 Å². The fourth-order valence-electron chi connectivity index (χ4n) is 0.654. The minimum atomic E-state index is -0.939. The normalized spacial score (nSPS) is 10.9. The van der Waals surface area contributed by atoms with Gasteiger partial charge in [0.05, 0.1) is 5.56 Å². The number of aliphatic hydroxyl groups excluding tert-OH is 2. The number of rotatable bonds is 2. The molecule has 0 aliphatic carbocycles. The Balaban J connectivity index is 0.000000325. The summed E-state index contributed by atoms with van der Waals surface area (Å²) >= 11 is 8.08. The van der Waals surface area contributed by atoms with E-state index in [9.17, 15) is 4.79 Å². The van der Waals surface area contributed by atoms with Crippen LogP contribution in [-0.4, -0.2) is 32.4 Å². The van der Waals surface area contributed by atoms with Crippen LogP contribution in [0.2, 0.25) is 0 Å². The van der Waals surface area contributed by atoms with Crippen LogP contribution in [0.25, 0.3) is 0 Å². The standard InChI is InChI=1S/C7H6O2S.C3H6O2S/c8-7(9)5-3-1-2-4-6(5)10;1-2(4)3(5)6/h1-4,10H,(H,8,9);2,4H,1H3,(H,5,6). The summed E-state index contributed by atoms with van der Waals surface area (Å²) in [4.78, 5) is 10.9. The first-order chi connectivity index (χ1) is 7.36. The Morgan fingerprint density at radius 2 is 1.81 bits per heavy atom. The predicted molar refractivity (Wildman–Crippen MR) is 67.6 cm³/mol. The highest BCUT2D eigenvalue weighted by Crippen LogP contribution is 2.11. The number of hydrogen-bond donors (Lipinski definition) is 4. The third kappa shape index (κ3) is 5.69. The molecule has 0 fully saturated rings. The zero-order valence-electron chi connectivity index (χ0n) is 8.49. The molecule has 0 saturated heterocycles. The van der Waals surface area contributed by atoms with Crippen LogP contribution in [0.4, 0.5) is 0 Å². The third-order valence-corrected chi connectivity index (χ3v) is 2.22. The first kappa shape index (κ1) is 14.9. The van der Waals surface area contributed by atoms with E-state index in [-0.39, 0.29) is 10.6 Å². The van der Waals surface area contributed by atoms with Crippen LogP contribution in [-0.2, 0) is 0 Å². The van der Waals surface area contributed by atoms with Gasteiger partial charge in [0.1, 0.15) is 6.10 Å². The number of carboxylic acid groups (broad SMARTS) is 1. The fraction of sp³-hybridized carbons (Fsp3) is 0.200. The lowest BCUT2D eigenvalue weighted by molar-refractivity contribution is 0.0693. The number of aliphatic hydroxyl groups is 2. The second kappa shape index (κ2) is 7.21. The number of carboxylic acids is 1. The van der Waals surface area contributed by atoms with Crippen molar-refractivity contribution in [3.63, 3.8) is 0 Å². The van der Waals surface area contributed by atoms with Crippen molar-refractivity contribution < 1.29 is 20.1 Å². The topological polar surface area (TPSA) is 77.8 Å².